The molecule has 2 fully saturated rings. The predicted octanol–water partition coefficient (Wildman–Crippen LogP) is 9.38. The van der Waals surface area contributed by atoms with Crippen molar-refractivity contribution in [3.8, 4) is 0 Å². The Morgan fingerprint density at radius 2 is 0.878 bits per heavy atom. The van der Waals surface area contributed by atoms with E-state index in [2.05, 4.69) is 86.6 Å². The van der Waals surface area contributed by atoms with Crippen molar-refractivity contribution in [1.82, 2.24) is 4.90 Å². The van der Waals surface area contributed by atoms with Crippen LogP contribution in [-0.4, -0.2) is 43.0 Å². The van der Waals surface area contributed by atoms with Crippen LogP contribution in [0.4, 0.5) is 0 Å². The number of fused-ring (bicyclic) bond motifs is 1. The Morgan fingerprint density at radius 1 is 0.551 bits per heavy atom. The largest absolute Gasteiger partial charge is 0.341 e. The first-order valence-electron chi connectivity index (χ1n) is 16.9. The summed E-state index contributed by atoms with van der Waals surface area (Å²) in [6.07, 6.45) is -1.71. The molecule has 0 aromatic heterocycles. The molecule has 2 aliphatic rings. The third-order valence-corrected chi connectivity index (χ3v) is 11.0. The van der Waals surface area contributed by atoms with E-state index in [1.807, 2.05) is 105 Å². The molecule has 49 heavy (non-hydrogen) atoms. The van der Waals surface area contributed by atoms with Gasteiger partial charge in [-0.1, -0.05) is 152 Å². The van der Waals surface area contributed by atoms with Gasteiger partial charge >= 0.3 is 8.60 Å². The second-order valence-electron chi connectivity index (χ2n) is 13.5. The topological polar surface area (TPSA) is 49.4 Å². The zero-order valence-electron chi connectivity index (χ0n) is 28.7. The van der Waals surface area contributed by atoms with Crippen LogP contribution in [0.2, 0.25) is 0 Å². The highest BCUT2D eigenvalue weighted by Crippen LogP contribution is 2.66. The molecule has 4 atom stereocenters. The fourth-order valence-electron chi connectivity index (χ4n) is 7.13. The fourth-order valence-corrected chi connectivity index (χ4v) is 8.84. The van der Waals surface area contributed by atoms with Gasteiger partial charge in [-0.2, -0.15) is 0 Å². The summed E-state index contributed by atoms with van der Waals surface area (Å²) in [5.74, 6) is -0.960. The first-order chi connectivity index (χ1) is 23.7. The first kappa shape index (κ1) is 33.8. The third kappa shape index (κ3) is 6.28. The lowest BCUT2D eigenvalue weighted by Gasteiger charge is -2.41. The van der Waals surface area contributed by atoms with E-state index < -0.39 is 37.8 Å². The Labute approximate surface area is 291 Å². The number of rotatable bonds is 9. The lowest BCUT2D eigenvalue weighted by molar-refractivity contribution is -0.177. The molecule has 2 unspecified atom stereocenters. The minimum absolute atomic E-state index is 0.0167. The Bertz CT molecular complexity index is 1610. The van der Waals surface area contributed by atoms with Crippen LogP contribution in [-0.2, 0) is 34.2 Å². The fraction of sp³-hybridized carbons (Fsp3) is 0.286. The van der Waals surface area contributed by atoms with Crippen molar-refractivity contribution in [2.24, 2.45) is 0 Å². The average Bonchev–Trinajstić information content (AvgIpc) is 3.43. The Morgan fingerprint density at radius 3 is 1.20 bits per heavy atom. The maximum atomic E-state index is 7.56. The smallest absolute Gasteiger partial charge is 0.336 e. The van der Waals surface area contributed by atoms with Gasteiger partial charge in [-0.25, -0.2) is 0 Å². The van der Waals surface area contributed by atoms with Gasteiger partial charge in [0.25, 0.3) is 0 Å². The van der Waals surface area contributed by atoms with Crippen molar-refractivity contribution in [3.05, 3.63) is 179 Å². The number of likely N-dealkylation sites (N-methyl/N-ethyl adjacent to an activating group) is 1. The summed E-state index contributed by atoms with van der Waals surface area (Å²) in [6.45, 7) is 6.09. The molecule has 0 aliphatic carbocycles. The normalized spacial score (nSPS) is 22.6. The van der Waals surface area contributed by atoms with Gasteiger partial charge in [0.2, 0.25) is 0 Å². The van der Waals surface area contributed by atoms with Gasteiger partial charge in [0.1, 0.15) is 18.3 Å². The molecule has 252 valence electrons. The zero-order chi connectivity index (χ0) is 34.1. The number of hydrogen-bond donors (Lipinski definition) is 0. The van der Waals surface area contributed by atoms with Gasteiger partial charge in [0.05, 0.1) is 0 Å². The van der Waals surface area contributed by atoms with Crippen molar-refractivity contribution < 1.29 is 23.0 Å². The molecule has 7 heteroatoms. The lowest BCUT2D eigenvalue weighted by Crippen LogP contribution is -2.53. The van der Waals surface area contributed by atoms with E-state index in [4.69, 9.17) is 23.0 Å². The van der Waals surface area contributed by atoms with Gasteiger partial charge in [-0.3, -0.25) is 9.05 Å². The number of benzene rings is 5. The Balaban J connectivity index is 1.53. The lowest BCUT2D eigenvalue weighted by atomic mass is 9.72. The van der Waals surface area contributed by atoms with E-state index in [0.29, 0.717) is 0 Å². The molecule has 0 bridgehead atoms. The average molecular weight is 674 g/mol. The SMILES string of the molecule is CC(C(OP1OC(c2ccccc2)(c2ccccc2)[C@H]2OC(C)(C)O[C@@H]2C(c2ccccc2)(c2ccccc2)O1)c1ccccc1)N(C)C. The molecule has 0 amide bonds. The van der Waals surface area contributed by atoms with E-state index in [9.17, 15) is 0 Å². The third-order valence-electron chi connectivity index (χ3n) is 9.73. The molecule has 7 rings (SSSR count). The minimum atomic E-state index is -2.13. The number of nitrogens with zero attached hydrogens (tertiary/aromatic N) is 1. The van der Waals surface area contributed by atoms with Crippen LogP contribution < -0.4 is 0 Å². The molecule has 2 saturated heterocycles. The van der Waals surface area contributed by atoms with Crippen molar-refractivity contribution in [2.45, 2.75) is 62.1 Å². The second kappa shape index (κ2) is 13.9. The molecule has 0 saturated carbocycles. The summed E-state index contributed by atoms with van der Waals surface area (Å²) in [5, 5.41) is 0. The number of ether oxygens (including phenoxy) is 2. The summed E-state index contributed by atoms with van der Waals surface area (Å²) in [4.78, 5) is 2.16. The zero-order valence-corrected chi connectivity index (χ0v) is 29.6. The summed E-state index contributed by atoms with van der Waals surface area (Å²) in [6, 6.07) is 51.5. The quantitative estimate of drug-likeness (QED) is 0.145. The van der Waals surface area contributed by atoms with E-state index in [1.165, 1.54) is 0 Å². The van der Waals surface area contributed by atoms with E-state index in [-0.39, 0.29) is 12.1 Å². The van der Waals surface area contributed by atoms with Crippen LogP contribution in [0.15, 0.2) is 152 Å². The van der Waals surface area contributed by atoms with Crippen LogP contribution in [0.3, 0.4) is 0 Å². The summed E-state index contributed by atoms with van der Waals surface area (Å²) in [7, 11) is 2.00. The van der Waals surface area contributed by atoms with Gasteiger partial charge in [-0.05, 0) is 62.7 Å². The van der Waals surface area contributed by atoms with Gasteiger partial charge in [0, 0.05) is 6.04 Å². The number of hydrogen-bond acceptors (Lipinski definition) is 6. The van der Waals surface area contributed by atoms with Crippen molar-refractivity contribution in [2.75, 3.05) is 14.1 Å². The van der Waals surface area contributed by atoms with Crippen LogP contribution in [0.1, 0.15) is 54.7 Å². The minimum Gasteiger partial charge on any atom is -0.341 e. The maximum absolute atomic E-state index is 7.56. The van der Waals surface area contributed by atoms with Crippen molar-refractivity contribution >= 4 is 8.60 Å². The highest BCUT2D eigenvalue weighted by atomic mass is 31.2. The molecule has 5 aromatic carbocycles. The van der Waals surface area contributed by atoms with Crippen molar-refractivity contribution in [1.29, 1.82) is 0 Å². The van der Waals surface area contributed by atoms with Crippen LogP contribution >= 0.6 is 8.60 Å². The van der Waals surface area contributed by atoms with Crippen LogP contribution in [0, 0.1) is 0 Å². The molecular formula is C42H44NO5P. The predicted molar refractivity (Wildman–Crippen MR) is 194 cm³/mol. The standard InChI is InChI=1S/C42H44NO5P/c1-31(43(4)5)37(32-21-11-6-12-22-32)46-49-47-41(33-23-13-7-14-24-33,34-25-15-8-16-26-34)38-39(45-40(2,3)44-38)42(48-49,35-27-17-9-18-28-35)36-29-19-10-20-30-36/h6-31,37-39H,1-5H3/t31?,37?,38-,39-/m0/s1. The van der Waals surface area contributed by atoms with E-state index >= 15 is 0 Å². The Kier molecular flexibility index (Phi) is 9.58. The molecule has 2 aliphatic heterocycles. The van der Waals surface area contributed by atoms with Crippen molar-refractivity contribution in [3.63, 3.8) is 0 Å². The highest BCUT2D eigenvalue weighted by molar-refractivity contribution is 7.41. The monoisotopic (exact) mass is 673 g/mol. The molecule has 6 nitrogen and oxygen atoms in total. The van der Waals surface area contributed by atoms with Crippen LogP contribution in [0.5, 0.6) is 0 Å². The summed E-state index contributed by atoms with van der Waals surface area (Å²) >= 11 is 0. The maximum Gasteiger partial charge on any atom is 0.336 e. The highest BCUT2D eigenvalue weighted by Gasteiger charge is 2.67. The Hall–Kier alpha value is -3.71. The van der Waals surface area contributed by atoms with Gasteiger partial charge in [0.15, 0.2) is 17.0 Å². The van der Waals surface area contributed by atoms with Gasteiger partial charge in [-0.15, -0.1) is 0 Å². The second-order valence-corrected chi connectivity index (χ2v) is 14.5. The van der Waals surface area contributed by atoms with Gasteiger partial charge < -0.3 is 18.9 Å². The molecule has 2 heterocycles. The summed E-state index contributed by atoms with van der Waals surface area (Å²) < 4.78 is 36.6. The van der Waals surface area contributed by atoms with Crippen LogP contribution in [0.25, 0.3) is 0 Å². The van der Waals surface area contributed by atoms with E-state index in [1.54, 1.807) is 0 Å². The van der Waals surface area contributed by atoms with E-state index in [0.717, 1.165) is 27.8 Å². The molecule has 0 radical (unpaired) electrons. The molecule has 0 N–H and O–H groups in total. The molecule has 5 aromatic rings. The molecule has 0 spiro atoms. The molecular weight excluding hydrogens is 629 g/mol. The first-order valence-corrected chi connectivity index (χ1v) is 18.0. The summed E-state index contributed by atoms with van der Waals surface area (Å²) in [5.41, 5.74) is 2.36.